The number of hydrogen-bond acceptors (Lipinski definition) is 2. The monoisotopic (exact) mass is 372 g/mol. The molecule has 1 aromatic carbocycles. The summed E-state index contributed by atoms with van der Waals surface area (Å²) in [7, 11) is 0. The molecule has 18 heavy (non-hydrogen) atoms. The summed E-state index contributed by atoms with van der Waals surface area (Å²) in [5, 5.41) is 2.59. The van der Waals surface area contributed by atoms with Gasteiger partial charge in [0.2, 0.25) is 0 Å². The molecule has 0 unspecified atom stereocenters. The fraction of sp³-hybridized carbons (Fsp3) is 0. The second kappa shape index (κ2) is 5.58. The molecule has 0 aliphatic carbocycles. The molecule has 0 bridgehead atoms. The van der Waals surface area contributed by atoms with Crippen LogP contribution in [0.2, 0.25) is 0 Å². The van der Waals surface area contributed by atoms with Gasteiger partial charge in [0.25, 0.3) is 5.91 Å². The van der Waals surface area contributed by atoms with Crippen molar-refractivity contribution in [2.24, 2.45) is 0 Å². The molecule has 1 heterocycles. The van der Waals surface area contributed by atoms with Crippen molar-refractivity contribution in [3.8, 4) is 0 Å². The Bertz CT molecular complexity index is 587. The normalized spacial score (nSPS) is 10.2. The Labute approximate surface area is 120 Å². The van der Waals surface area contributed by atoms with E-state index >= 15 is 0 Å². The van der Waals surface area contributed by atoms with Crippen LogP contribution in [0.3, 0.4) is 0 Å². The number of amides is 1. The fourth-order valence-electron chi connectivity index (χ4n) is 1.29. The molecule has 0 atom stereocenters. The minimum absolute atomic E-state index is 0.282. The van der Waals surface area contributed by atoms with Gasteiger partial charge in [-0.2, -0.15) is 0 Å². The first-order valence-electron chi connectivity index (χ1n) is 4.94. The molecule has 0 aliphatic heterocycles. The molecular weight excluding hydrogens is 367 g/mol. The highest BCUT2D eigenvalue weighted by Gasteiger charge is 2.09. The number of rotatable bonds is 2. The molecule has 2 rings (SSSR count). The van der Waals surface area contributed by atoms with Crippen molar-refractivity contribution in [1.29, 1.82) is 0 Å². The lowest BCUT2D eigenvalue weighted by Crippen LogP contribution is -2.13. The summed E-state index contributed by atoms with van der Waals surface area (Å²) in [6.07, 6.45) is 1.04. The Morgan fingerprint density at radius 2 is 1.89 bits per heavy atom. The van der Waals surface area contributed by atoms with Gasteiger partial charge in [-0.15, -0.1) is 0 Å². The average Bonchev–Trinajstić information content (AvgIpc) is 2.33. The third-order valence-electron chi connectivity index (χ3n) is 2.15. The first kappa shape index (κ1) is 13.2. The number of halogens is 3. The highest BCUT2D eigenvalue weighted by atomic mass is 79.9. The molecule has 1 amide bonds. The zero-order valence-electron chi connectivity index (χ0n) is 8.95. The maximum absolute atomic E-state index is 12.8. The number of benzene rings is 1. The number of hydrogen-bond donors (Lipinski definition) is 1. The summed E-state index contributed by atoms with van der Waals surface area (Å²) < 4.78 is 14.1. The second-order valence-electron chi connectivity index (χ2n) is 3.44. The van der Waals surface area contributed by atoms with E-state index in [9.17, 15) is 9.18 Å². The summed E-state index contributed by atoms with van der Waals surface area (Å²) in [6, 6.07) is 8.13. The van der Waals surface area contributed by atoms with Gasteiger partial charge in [-0.1, -0.05) is 15.9 Å². The Balaban J connectivity index is 2.18. The molecule has 6 heteroatoms. The van der Waals surface area contributed by atoms with Crippen LogP contribution >= 0.6 is 31.9 Å². The first-order valence-corrected chi connectivity index (χ1v) is 6.53. The number of aromatic nitrogens is 1. The van der Waals surface area contributed by atoms with E-state index in [-0.39, 0.29) is 11.7 Å². The average molecular weight is 374 g/mol. The SMILES string of the molecule is O=C(Nc1ncc(F)cc1Br)c1ccc(Br)cc1. The number of nitrogens with zero attached hydrogens (tertiary/aromatic N) is 1. The van der Waals surface area contributed by atoms with Gasteiger partial charge in [0, 0.05) is 10.0 Å². The van der Waals surface area contributed by atoms with Crippen molar-refractivity contribution >= 4 is 43.6 Å². The number of carbonyl (C=O) groups excluding carboxylic acids is 1. The van der Waals surface area contributed by atoms with E-state index in [4.69, 9.17) is 0 Å². The first-order chi connectivity index (χ1) is 8.56. The van der Waals surface area contributed by atoms with Crippen molar-refractivity contribution in [3.63, 3.8) is 0 Å². The second-order valence-corrected chi connectivity index (χ2v) is 5.21. The van der Waals surface area contributed by atoms with Crippen molar-refractivity contribution in [2.75, 3.05) is 5.32 Å². The summed E-state index contributed by atoms with van der Waals surface area (Å²) in [5.74, 6) is -0.491. The van der Waals surface area contributed by atoms with Crippen LogP contribution in [0.4, 0.5) is 10.2 Å². The zero-order valence-corrected chi connectivity index (χ0v) is 12.1. The van der Waals surface area contributed by atoms with Gasteiger partial charge in [-0.25, -0.2) is 9.37 Å². The van der Waals surface area contributed by atoms with Crippen LogP contribution in [0.15, 0.2) is 45.5 Å². The lowest BCUT2D eigenvalue weighted by atomic mass is 10.2. The van der Waals surface area contributed by atoms with Crippen LogP contribution in [-0.2, 0) is 0 Å². The van der Waals surface area contributed by atoms with Gasteiger partial charge in [-0.05, 0) is 46.3 Å². The quantitative estimate of drug-likeness (QED) is 0.864. The molecule has 3 nitrogen and oxygen atoms in total. The van der Waals surface area contributed by atoms with Gasteiger partial charge >= 0.3 is 0 Å². The molecule has 0 spiro atoms. The maximum atomic E-state index is 12.8. The molecule has 0 radical (unpaired) electrons. The van der Waals surface area contributed by atoms with Crippen LogP contribution in [0.5, 0.6) is 0 Å². The van der Waals surface area contributed by atoms with Crippen LogP contribution in [0, 0.1) is 5.82 Å². The van der Waals surface area contributed by atoms with Crippen LogP contribution in [0.25, 0.3) is 0 Å². The molecule has 0 saturated carbocycles. The third kappa shape index (κ3) is 3.14. The number of carbonyl (C=O) groups is 1. The Hall–Kier alpha value is -1.27. The van der Waals surface area contributed by atoms with Crippen LogP contribution in [-0.4, -0.2) is 10.9 Å². The van der Waals surface area contributed by atoms with E-state index in [2.05, 4.69) is 42.2 Å². The minimum atomic E-state index is -0.469. The minimum Gasteiger partial charge on any atom is -0.306 e. The highest BCUT2D eigenvalue weighted by molar-refractivity contribution is 9.10. The predicted octanol–water partition coefficient (Wildman–Crippen LogP) is 4.00. The smallest absolute Gasteiger partial charge is 0.256 e. The summed E-state index contributed by atoms with van der Waals surface area (Å²) in [5.41, 5.74) is 0.497. The van der Waals surface area contributed by atoms with Gasteiger partial charge in [0.1, 0.15) is 11.6 Å². The molecule has 0 aliphatic rings. The van der Waals surface area contributed by atoms with Crippen molar-refractivity contribution in [3.05, 3.63) is 56.9 Å². The molecule has 92 valence electrons. The van der Waals surface area contributed by atoms with Gasteiger partial charge in [0.15, 0.2) is 0 Å². The molecule has 0 saturated heterocycles. The highest BCUT2D eigenvalue weighted by Crippen LogP contribution is 2.21. The van der Waals surface area contributed by atoms with E-state index in [0.717, 1.165) is 10.7 Å². The van der Waals surface area contributed by atoms with Gasteiger partial charge < -0.3 is 5.32 Å². The molecule has 0 fully saturated rings. The van der Waals surface area contributed by atoms with Crippen molar-refractivity contribution < 1.29 is 9.18 Å². The lowest BCUT2D eigenvalue weighted by Gasteiger charge is -2.06. The van der Waals surface area contributed by atoms with Crippen molar-refractivity contribution in [2.45, 2.75) is 0 Å². The standard InChI is InChI=1S/C12H7Br2FN2O/c13-8-3-1-7(2-4-8)12(18)17-11-10(14)5-9(15)6-16-11/h1-6H,(H,16,17,18). The van der Waals surface area contributed by atoms with Crippen LogP contribution in [0.1, 0.15) is 10.4 Å². The van der Waals surface area contributed by atoms with Gasteiger partial charge in [0.05, 0.1) is 10.7 Å². The number of nitrogens with one attached hydrogen (secondary N) is 1. The maximum Gasteiger partial charge on any atom is 0.256 e. The predicted molar refractivity (Wildman–Crippen MR) is 74.0 cm³/mol. The number of pyridine rings is 1. The Kier molecular flexibility index (Phi) is 4.08. The van der Waals surface area contributed by atoms with Crippen LogP contribution < -0.4 is 5.32 Å². The van der Waals surface area contributed by atoms with E-state index in [1.165, 1.54) is 6.07 Å². The zero-order chi connectivity index (χ0) is 13.1. The van der Waals surface area contributed by atoms with E-state index in [1.807, 2.05) is 0 Å². The van der Waals surface area contributed by atoms with E-state index in [0.29, 0.717) is 10.0 Å². The molecule has 1 N–H and O–H groups in total. The molecule has 1 aromatic heterocycles. The summed E-state index contributed by atoms with van der Waals surface area (Å²) >= 11 is 6.42. The Morgan fingerprint density at radius 3 is 2.50 bits per heavy atom. The largest absolute Gasteiger partial charge is 0.306 e. The van der Waals surface area contributed by atoms with Gasteiger partial charge in [-0.3, -0.25) is 4.79 Å². The van der Waals surface area contributed by atoms with E-state index < -0.39 is 5.82 Å². The van der Waals surface area contributed by atoms with Crippen molar-refractivity contribution in [1.82, 2.24) is 4.98 Å². The summed E-state index contributed by atoms with van der Waals surface area (Å²) in [6.45, 7) is 0. The number of anilines is 1. The Morgan fingerprint density at radius 1 is 1.22 bits per heavy atom. The summed E-state index contributed by atoms with van der Waals surface area (Å²) in [4.78, 5) is 15.7. The topological polar surface area (TPSA) is 42.0 Å². The molecule has 2 aromatic rings. The molecular formula is C12H7Br2FN2O. The van der Waals surface area contributed by atoms with E-state index in [1.54, 1.807) is 24.3 Å². The lowest BCUT2D eigenvalue weighted by molar-refractivity contribution is 0.102. The fourth-order valence-corrected chi connectivity index (χ4v) is 1.97. The third-order valence-corrected chi connectivity index (χ3v) is 3.28.